The van der Waals surface area contributed by atoms with E-state index in [9.17, 15) is 13.2 Å². The van der Waals surface area contributed by atoms with Crippen LogP contribution in [0.15, 0.2) is 23.1 Å². The van der Waals surface area contributed by atoms with Gasteiger partial charge in [-0.3, -0.25) is 4.79 Å². The molecular formula is C16H26N3O3S+. The van der Waals surface area contributed by atoms with Gasteiger partial charge in [-0.15, -0.1) is 0 Å². The number of likely N-dealkylation sites (tertiary alicyclic amines) is 1. The van der Waals surface area contributed by atoms with Gasteiger partial charge in [0.1, 0.15) is 0 Å². The van der Waals surface area contributed by atoms with Crippen LogP contribution < -0.4 is 10.2 Å². The van der Waals surface area contributed by atoms with Crippen LogP contribution >= 0.6 is 0 Å². The quantitative estimate of drug-likeness (QED) is 0.807. The number of amides is 1. The molecule has 1 aromatic carbocycles. The molecule has 128 valence electrons. The van der Waals surface area contributed by atoms with Gasteiger partial charge in [0.15, 0.2) is 6.04 Å². The molecule has 1 aromatic rings. The number of benzene rings is 1. The zero-order valence-electron chi connectivity index (χ0n) is 14.2. The Kier molecular flexibility index (Phi) is 5.44. The van der Waals surface area contributed by atoms with Crippen molar-refractivity contribution in [2.45, 2.75) is 37.6 Å². The van der Waals surface area contributed by atoms with Crippen molar-refractivity contribution in [2.75, 3.05) is 32.5 Å². The van der Waals surface area contributed by atoms with Crippen molar-refractivity contribution in [3.8, 4) is 0 Å². The van der Waals surface area contributed by atoms with Crippen molar-refractivity contribution in [2.24, 2.45) is 0 Å². The number of carbonyl (C=O) groups is 1. The van der Waals surface area contributed by atoms with E-state index < -0.39 is 10.0 Å². The maximum absolute atomic E-state index is 12.5. The maximum atomic E-state index is 12.5. The molecule has 23 heavy (non-hydrogen) atoms. The van der Waals surface area contributed by atoms with Gasteiger partial charge < -0.3 is 10.2 Å². The van der Waals surface area contributed by atoms with Gasteiger partial charge in [0, 0.05) is 32.6 Å². The molecule has 0 bridgehead atoms. The number of sulfonamides is 1. The summed E-state index contributed by atoms with van der Waals surface area (Å²) >= 11 is 0. The van der Waals surface area contributed by atoms with Crippen LogP contribution in [-0.4, -0.2) is 51.9 Å². The van der Waals surface area contributed by atoms with E-state index in [1.54, 1.807) is 12.1 Å². The lowest BCUT2D eigenvalue weighted by molar-refractivity contribution is -0.901. The first kappa shape index (κ1) is 17.9. The summed E-state index contributed by atoms with van der Waals surface area (Å²) in [6.07, 6.45) is 2.31. The molecule has 1 aliphatic rings. The number of anilines is 1. The lowest BCUT2D eigenvalue weighted by Gasteiger charge is -2.21. The first-order valence-electron chi connectivity index (χ1n) is 7.92. The van der Waals surface area contributed by atoms with Gasteiger partial charge in [-0.1, -0.05) is 6.07 Å². The van der Waals surface area contributed by atoms with Gasteiger partial charge in [0.25, 0.3) is 5.91 Å². The predicted molar refractivity (Wildman–Crippen MR) is 90.1 cm³/mol. The van der Waals surface area contributed by atoms with Crippen LogP contribution in [0.25, 0.3) is 0 Å². The molecule has 0 spiro atoms. The summed E-state index contributed by atoms with van der Waals surface area (Å²) in [7, 11) is -0.526. The highest BCUT2D eigenvalue weighted by atomic mass is 32.2. The van der Waals surface area contributed by atoms with Crippen LogP contribution in [0.2, 0.25) is 0 Å². The fraction of sp³-hybridized carbons (Fsp3) is 0.562. The minimum atomic E-state index is -3.51. The average molecular weight is 340 g/mol. The summed E-state index contributed by atoms with van der Waals surface area (Å²) < 4.78 is 25.6. The zero-order chi connectivity index (χ0) is 17.2. The summed E-state index contributed by atoms with van der Waals surface area (Å²) in [4.78, 5) is 13.9. The van der Waals surface area contributed by atoms with Crippen LogP contribution in [-0.2, 0) is 14.8 Å². The van der Waals surface area contributed by atoms with Crippen LogP contribution in [0.5, 0.6) is 0 Å². The molecular weight excluding hydrogens is 314 g/mol. The van der Waals surface area contributed by atoms with E-state index in [4.69, 9.17) is 0 Å². The van der Waals surface area contributed by atoms with E-state index >= 15 is 0 Å². The number of hydrogen-bond donors (Lipinski definition) is 2. The Balaban J connectivity index is 2.21. The van der Waals surface area contributed by atoms with E-state index in [0.29, 0.717) is 5.69 Å². The Morgan fingerprint density at radius 3 is 2.43 bits per heavy atom. The molecule has 1 saturated heterocycles. The van der Waals surface area contributed by atoms with E-state index in [-0.39, 0.29) is 16.8 Å². The molecule has 7 heteroatoms. The largest absolute Gasteiger partial charge is 0.325 e. The summed E-state index contributed by atoms with van der Waals surface area (Å²) in [6.45, 7) is 5.81. The van der Waals surface area contributed by atoms with Crippen LogP contribution in [0.3, 0.4) is 0 Å². The molecule has 1 amide bonds. The van der Waals surface area contributed by atoms with E-state index in [2.05, 4.69) is 5.32 Å². The second kappa shape index (κ2) is 6.98. The van der Waals surface area contributed by atoms with E-state index in [1.165, 1.54) is 29.4 Å². The lowest BCUT2D eigenvalue weighted by Crippen LogP contribution is -3.14. The summed E-state index contributed by atoms with van der Waals surface area (Å²) in [5.74, 6) is -0.0654. The van der Waals surface area contributed by atoms with Crippen molar-refractivity contribution in [3.05, 3.63) is 23.8 Å². The Morgan fingerprint density at radius 1 is 1.26 bits per heavy atom. The highest BCUT2D eigenvalue weighted by molar-refractivity contribution is 7.89. The number of quaternary nitrogens is 1. The van der Waals surface area contributed by atoms with E-state index in [1.807, 2.05) is 13.8 Å². The minimum absolute atomic E-state index is 0.0654. The van der Waals surface area contributed by atoms with Crippen molar-refractivity contribution in [3.63, 3.8) is 0 Å². The molecule has 2 rings (SSSR count). The topological polar surface area (TPSA) is 70.9 Å². The Morgan fingerprint density at radius 2 is 1.87 bits per heavy atom. The molecule has 1 heterocycles. The summed E-state index contributed by atoms with van der Waals surface area (Å²) in [6, 6.07) is 4.69. The molecule has 1 aliphatic heterocycles. The van der Waals surface area contributed by atoms with Gasteiger partial charge in [0.05, 0.1) is 18.0 Å². The molecule has 1 atom stereocenters. The molecule has 0 aliphatic carbocycles. The summed E-state index contributed by atoms with van der Waals surface area (Å²) in [5, 5.41) is 2.90. The fourth-order valence-electron chi connectivity index (χ4n) is 2.80. The average Bonchev–Trinajstić information content (AvgIpc) is 3.02. The number of nitrogens with one attached hydrogen (secondary N) is 2. The first-order valence-corrected chi connectivity index (χ1v) is 9.36. The van der Waals surface area contributed by atoms with Gasteiger partial charge in [-0.2, -0.15) is 0 Å². The van der Waals surface area contributed by atoms with Crippen LogP contribution in [0.1, 0.15) is 25.3 Å². The zero-order valence-corrected chi connectivity index (χ0v) is 15.0. The SMILES string of the molecule is Cc1ccc(S(=O)(=O)N(C)C)cc1NC(=O)[C@@H](C)[NH+]1CCCC1. The second-order valence-electron chi connectivity index (χ2n) is 6.34. The Bertz CT molecular complexity index is 680. The normalized spacial score (nSPS) is 17.4. The van der Waals surface area contributed by atoms with Crippen LogP contribution in [0.4, 0.5) is 5.69 Å². The number of nitrogens with zero attached hydrogens (tertiary/aromatic N) is 1. The third-order valence-electron chi connectivity index (χ3n) is 4.50. The Hall–Kier alpha value is -1.44. The third-order valence-corrected chi connectivity index (χ3v) is 6.31. The highest BCUT2D eigenvalue weighted by Crippen LogP contribution is 2.22. The molecule has 6 nitrogen and oxygen atoms in total. The third kappa shape index (κ3) is 3.91. The molecule has 0 aromatic heterocycles. The van der Waals surface area contributed by atoms with Gasteiger partial charge in [-0.25, -0.2) is 12.7 Å². The van der Waals surface area contributed by atoms with Crippen molar-refractivity contribution >= 4 is 21.6 Å². The van der Waals surface area contributed by atoms with Crippen molar-refractivity contribution in [1.82, 2.24) is 4.31 Å². The van der Waals surface area contributed by atoms with Crippen molar-refractivity contribution < 1.29 is 18.1 Å². The summed E-state index contributed by atoms with van der Waals surface area (Å²) in [5.41, 5.74) is 1.41. The molecule has 0 radical (unpaired) electrons. The number of carbonyl (C=O) groups excluding carboxylic acids is 1. The predicted octanol–water partition coefficient (Wildman–Crippen LogP) is 0.251. The monoisotopic (exact) mass is 340 g/mol. The van der Waals surface area contributed by atoms with Gasteiger partial charge in [-0.05, 0) is 31.5 Å². The van der Waals surface area contributed by atoms with Crippen molar-refractivity contribution in [1.29, 1.82) is 0 Å². The fourth-order valence-corrected chi connectivity index (χ4v) is 3.72. The lowest BCUT2D eigenvalue weighted by atomic mass is 10.2. The second-order valence-corrected chi connectivity index (χ2v) is 8.49. The minimum Gasteiger partial charge on any atom is -0.325 e. The number of aryl methyl sites for hydroxylation is 1. The molecule has 0 saturated carbocycles. The molecule has 0 unspecified atom stereocenters. The first-order chi connectivity index (χ1) is 10.7. The Labute approximate surface area is 138 Å². The number of rotatable bonds is 5. The van der Waals surface area contributed by atoms with E-state index in [0.717, 1.165) is 31.5 Å². The molecule has 2 N–H and O–H groups in total. The smallest absolute Gasteiger partial charge is 0.282 e. The van der Waals surface area contributed by atoms with Gasteiger partial charge >= 0.3 is 0 Å². The van der Waals surface area contributed by atoms with Gasteiger partial charge in [0.2, 0.25) is 10.0 Å². The van der Waals surface area contributed by atoms with Crippen LogP contribution in [0, 0.1) is 6.92 Å². The highest BCUT2D eigenvalue weighted by Gasteiger charge is 2.28. The molecule has 1 fully saturated rings. The maximum Gasteiger partial charge on any atom is 0.282 e. The standard InChI is InChI=1S/C16H25N3O3S/c1-12-7-8-14(23(21,22)18(3)4)11-15(12)17-16(20)13(2)19-9-5-6-10-19/h7-8,11,13H,5-6,9-10H2,1-4H3,(H,17,20)/p+1/t13-/m1/s1. The number of hydrogen-bond acceptors (Lipinski definition) is 3.